The lowest BCUT2D eigenvalue weighted by Crippen LogP contribution is -2.24. The minimum absolute atomic E-state index is 0.617. The summed E-state index contributed by atoms with van der Waals surface area (Å²) in [5.74, 6) is 1.50. The Labute approximate surface area is 417 Å². The van der Waals surface area contributed by atoms with Crippen molar-refractivity contribution in [3.05, 3.63) is 254 Å². The lowest BCUT2D eigenvalue weighted by atomic mass is 9.90. The van der Waals surface area contributed by atoms with Crippen LogP contribution in [0.5, 0.6) is 11.5 Å². The Bertz CT molecular complexity index is 4240. The van der Waals surface area contributed by atoms with Gasteiger partial charge in [0.05, 0.1) is 28.1 Å². The van der Waals surface area contributed by atoms with Crippen LogP contribution in [0.4, 0.5) is 22.7 Å². The van der Waals surface area contributed by atoms with Crippen molar-refractivity contribution in [3.8, 4) is 44.9 Å². The topological polar surface area (TPSA) is 33.0 Å². The smallest absolute Gasteiger partial charge is 0.145 e. The highest BCUT2D eigenvalue weighted by atomic mass is 16.5. The monoisotopic (exact) mass is 922 g/mol. The number of para-hydroxylation sites is 4. The lowest BCUT2D eigenvalue weighted by Gasteiger charge is -2.27. The van der Waals surface area contributed by atoms with Gasteiger partial charge in [0, 0.05) is 56.7 Å². The SMILES string of the molecule is Cc1ccc2c3cccc4c5ccc(Oc6cccc(N7CN(c8c(-c9ccccc9)cccc8-c8ccccc8)c8ccccc87)c6)cc5n(c5ncccc5c5ccccc5c2c1-c1ccccc1)c34. The van der Waals surface area contributed by atoms with Crippen LogP contribution in [-0.4, -0.2) is 16.1 Å². The molecule has 14 rings (SSSR count). The molecule has 72 heavy (non-hydrogen) atoms. The van der Waals surface area contributed by atoms with Crippen LogP contribution in [0.2, 0.25) is 0 Å². The normalized spacial score (nSPS) is 12.4. The quantitative estimate of drug-likeness (QED) is 0.159. The van der Waals surface area contributed by atoms with Crippen molar-refractivity contribution in [2.45, 2.75) is 6.92 Å². The van der Waals surface area contributed by atoms with E-state index in [4.69, 9.17) is 9.72 Å². The lowest BCUT2D eigenvalue weighted by molar-refractivity contribution is 0.483. The summed E-state index contributed by atoms with van der Waals surface area (Å²) in [6, 6.07) is 87.1. The standard InChI is InChI=1S/C67H46N4O/c1-44-36-38-56-58-32-17-31-57-54-39-37-50(42-62(54)71(66(57)58)67-59(33-18-40-68-67)53-27-11-12-28-55(53)64(56)63(44)47-23-9-4-10-24-47)72-49-26-15-25-48(41-49)69-43-70(61-35-14-13-34-60(61)69)65-51(45-19-5-2-6-20-45)29-16-30-52(65)46-21-7-3-8-22-46/h2-42H,43H2,1H3. The van der Waals surface area contributed by atoms with Crippen LogP contribution < -0.4 is 14.5 Å². The molecule has 0 bridgehead atoms. The van der Waals surface area contributed by atoms with Gasteiger partial charge in [0.25, 0.3) is 0 Å². The first kappa shape index (κ1) is 41.5. The molecule has 1 aliphatic rings. The first-order chi connectivity index (χ1) is 35.7. The highest BCUT2D eigenvalue weighted by Crippen LogP contribution is 2.51. The predicted molar refractivity (Wildman–Crippen MR) is 301 cm³/mol. The van der Waals surface area contributed by atoms with Crippen LogP contribution in [-0.2, 0) is 0 Å². The second-order valence-corrected chi connectivity index (χ2v) is 18.7. The molecule has 10 aromatic carbocycles. The third kappa shape index (κ3) is 6.66. The van der Waals surface area contributed by atoms with Crippen molar-refractivity contribution in [3.63, 3.8) is 0 Å². The van der Waals surface area contributed by atoms with E-state index in [0.29, 0.717) is 6.67 Å². The van der Waals surface area contributed by atoms with E-state index >= 15 is 0 Å². The zero-order valence-corrected chi connectivity index (χ0v) is 39.6. The molecule has 0 radical (unpaired) electrons. The van der Waals surface area contributed by atoms with Gasteiger partial charge in [-0.05, 0) is 105 Å². The molecule has 0 fully saturated rings. The summed E-state index contributed by atoms with van der Waals surface area (Å²) in [7, 11) is 0. The third-order valence-corrected chi connectivity index (χ3v) is 14.6. The number of aryl methyl sites for hydroxylation is 1. The molecule has 5 nitrogen and oxygen atoms in total. The van der Waals surface area contributed by atoms with Gasteiger partial charge in [0.15, 0.2) is 0 Å². The molecular formula is C67H46N4O. The van der Waals surface area contributed by atoms with Crippen molar-refractivity contribution in [2.75, 3.05) is 16.5 Å². The zero-order valence-electron chi connectivity index (χ0n) is 39.6. The van der Waals surface area contributed by atoms with E-state index in [9.17, 15) is 0 Å². The van der Waals surface area contributed by atoms with Crippen molar-refractivity contribution >= 4 is 82.5 Å². The molecule has 0 atom stereocenters. The predicted octanol–water partition coefficient (Wildman–Crippen LogP) is 18.0. The van der Waals surface area contributed by atoms with Gasteiger partial charge >= 0.3 is 0 Å². The van der Waals surface area contributed by atoms with Crippen LogP contribution in [0.3, 0.4) is 0 Å². The summed E-state index contributed by atoms with van der Waals surface area (Å²) < 4.78 is 9.34. The summed E-state index contributed by atoms with van der Waals surface area (Å²) >= 11 is 0. The van der Waals surface area contributed by atoms with E-state index < -0.39 is 0 Å². The number of hydrogen-bond donors (Lipinski definition) is 0. The summed E-state index contributed by atoms with van der Waals surface area (Å²) in [5, 5.41) is 9.24. The number of ether oxygens (including phenoxy) is 1. The fraction of sp³-hybridized carbons (Fsp3) is 0.0299. The molecule has 0 saturated heterocycles. The fourth-order valence-electron chi connectivity index (χ4n) is 11.5. The van der Waals surface area contributed by atoms with Gasteiger partial charge in [-0.25, -0.2) is 4.98 Å². The van der Waals surface area contributed by atoms with Crippen molar-refractivity contribution < 1.29 is 4.74 Å². The first-order valence-electron chi connectivity index (χ1n) is 24.6. The second kappa shape index (κ2) is 16.9. The first-order valence-corrected chi connectivity index (χ1v) is 24.6. The van der Waals surface area contributed by atoms with E-state index in [-0.39, 0.29) is 0 Å². The number of aromatic nitrogens is 2. The second-order valence-electron chi connectivity index (χ2n) is 18.7. The minimum Gasteiger partial charge on any atom is -0.457 e. The van der Waals surface area contributed by atoms with Crippen molar-refractivity contribution in [1.82, 2.24) is 9.38 Å². The van der Waals surface area contributed by atoms with Crippen molar-refractivity contribution in [2.24, 2.45) is 0 Å². The molecule has 3 aromatic heterocycles. The molecular weight excluding hydrogens is 877 g/mol. The Morgan fingerprint density at radius 2 is 0.972 bits per heavy atom. The van der Waals surface area contributed by atoms with E-state index in [1.165, 1.54) is 60.8 Å². The number of pyridine rings is 1. The number of hydrogen-bond acceptors (Lipinski definition) is 4. The summed E-state index contributed by atoms with van der Waals surface area (Å²) in [5.41, 5.74) is 15.9. The average Bonchev–Trinajstić information content (AvgIpc) is 4.00. The molecule has 0 aliphatic carbocycles. The zero-order chi connectivity index (χ0) is 47.7. The van der Waals surface area contributed by atoms with Crippen LogP contribution in [0, 0.1) is 6.92 Å². The molecule has 340 valence electrons. The maximum atomic E-state index is 6.97. The molecule has 13 aromatic rings. The number of fused-ring (bicyclic) bond motifs is 11. The molecule has 0 spiro atoms. The Balaban J connectivity index is 0.925. The largest absolute Gasteiger partial charge is 0.457 e. The maximum Gasteiger partial charge on any atom is 0.145 e. The number of nitrogens with zero attached hydrogens (tertiary/aromatic N) is 4. The Hall–Kier alpha value is -9.45. The highest BCUT2D eigenvalue weighted by molar-refractivity contribution is 6.27. The number of rotatable bonds is 7. The van der Waals surface area contributed by atoms with E-state index in [0.717, 1.165) is 72.2 Å². The summed E-state index contributed by atoms with van der Waals surface area (Å²) in [4.78, 5) is 10.1. The maximum absolute atomic E-state index is 6.97. The Morgan fingerprint density at radius 1 is 0.417 bits per heavy atom. The van der Waals surface area contributed by atoms with Gasteiger partial charge in [-0.15, -0.1) is 0 Å². The molecule has 0 N–H and O–H groups in total. The van der Waals surface area contributed by atoms with Gasteiger partial charge in [-0.3, -0.25) is 4.40 Å². The third-order valence-electron chi connectivity index (χ3n) is 14.6. The van der Waals surface area contributed by atoms with E-state index in [1.54, 1.807) is 0 Å². The fourth-order valence-corrected chi connectivity index (χ4v) is 11.5. The van der Waals surface area contributed by atoms with Gasteiger partial charge in [0.1, 0.15) is 23.8 Å². The van der Waals surface area contributed by atoms with Gasteiger partial charge < -0.3 is 14.5 Å². The molecule has 4 heterocycles. The van der Waals surface area contributed by atoms with E-state index in [2.05, 4.69) is 264 Å². The Morgan fingerprint density at radius 3 is 1.71 bits per heavy atom. The van der Waals surface area contributed by atoms with Crippen LogP contribution in [0.1, 0.15) is 5.56 Å². The van der Waals surface area contributed by atoms with Gasteiger partial charge in [-0.2, -0.15) is 0 Å². The van der Waals surface area contributed by atoms with Crippen LogP contribution >= 0.6 is 0 Å². The summed E-state index contributed by atoms with van der Waals surface area (Å²) in [6.45, 7) is 2.85. The van der Waals surface area contributed by atoms with Crippen LogP contribution in [0.25, 0.3) is 93.2 Å². The molecule has 1 aliphatic heterocycles. The highest BCUT2D eigenvalue weighted by Gasteiger charge is 2.31. The van der Waals surface area contributed by atoms with Crippen molar-refractivity contribution in [1.29, 1.82) is 0 Å². The van der Waals surface area contributed by atoms with E-state index in [1.807, 2.05) is 6.20 Å². The number of benzene rings is 10. The molecule has 0 saturated carbocycles. The average molecular weight is 923 g/mol. The Kier molecular flexibility index (Phi) is 9.75. The molecule has 0 unspecified atom stereocenters. The van der Waals surface area contributed by atoms with Gasteiger partial charge in [0.2, 0.25) is 0 Å². The molecule has 0 amide bonds. The summed E-state index contributed by atoms with van der Waals surface area (Å²) in [6.07, 6.45) is 1.92. The minimum atomic E-state index is 0.617. The molecule has 5 heteroatoms. The van der Waals surface area contributed by atoms with Crippen LogP contribution in [0.15, 0.2) is 249 Å². The number of anilines is 4. The van der Waals surface area contributed by atoms with Gasteiger partial charge in [-0.1, -0.05) is 182 Å².